The van der Waals surface area contributed by atoms with Crippen LogP contribution in [0.1, 0.15) is 47.0 Å². The molecule has 0 radical (unpaired) electrons. The van der Waals surface area contributed by atoms with Gasteiger partial charge in [-0.1, -0.05) is 6.92 Å². The van der Waals surface area contributed by atoms with E-state index in [1.165, 1.54) is 0 Å². The first-order valence-corrected chi connectivity index (χ1v) is 6.17. The summed E-state index contributed by atoms with van der Waals surface area (Å²) in [6.45, 7) is 9.34. The first-order valence-electron chi connectivity index (χ1n) is 6.17. The third-order valence-electron chi connectivity index (χ3n) is 3.15. The van der Waals surface area contributed by atoms with Crippen molar-refractivity contribution in [2.45, 2.75) is 52.6 Å². The molecule has 0 spiro atoms. The third-order valence-corrected chi connectivity index (χ3v) is 3.15. The molecule has 0 atom stereocenters. The van der Waals surface area contributed by atoms with E-state index in [2.05, 4.69) is 12.8 Å². The summed E-state index contributed by atoms with van der Waals surface area (Å²) in [4.78, 5) is 13.6. The van der Waals surface area contributed by atoms with Gasteiger partial charge in [0.1, 0.15) is 5.60 Å². The van der Waals surface area contributed by atoms with Crippen LogP contribution < -0.4 is 0 Å². The molecule has 17 heavy (non-hydrogen) atoms. The molecule has 1 rings (SSSR count). The van der Waals surface area contributed by atoms with Gasteiger partial charge >= 0.3 is 6.09 Å². The van der Waals surface area contributed by atoms with Crippen molar-refractivity contribution >= 4 is 6.09 Å². The van der Waals surface area contributed by atoms with Crippen LogP contribution in [-0.4, -0.2) is 29.7 Å². The second-order valence-corrected chi connectivity index (χ2v) is 6.16. The van der Waals surface area contributed by atoms with Crippen LogP contribution in [0.2, 0.25) is 0 Å². The van der Waals surface area contributed by atoms with Gasteiger partial charge in [0.25, 0.3) is 0 Å². The van der Waals surface area contributed by atoms with E-state index in [4.69, 9.17) is 11.2 Å². The molecule has 0 aliphatic carbocycles. The average Bonchev–Trinajstić information content (AvgIpc) is 2.15. The van der Waals surface area contributed by atoms with Crippen LogP contribution in [-0.2, 0) is 4.74 Å². The third kappa shape index (κ3) is 4.30. The van der Waals surface area contributed by atoms with Gasteiger partial charge in [0.15, 0.2) is 0 Å². The summed E-state index contributed by atoms with van der Waals surface area (Å²) in [5.74, 6) is 2.73. The van der Waals surface area contributed by atoms with E-state index in [1.54, 1.807) is 4.90 Å². The largest absolute Gasteiger partial charge is 0.444 e. The highest BCUT2D eigenvalue weighted by molar-refractivity contribution is 5.68. The maximum atomic E-state index is 11.8. The number of hydrogen-bond acceptors (Lipinski definition) is 2. The maximum absolute atomic E-state index is 11.8. The first-order chi connectivity index (χ1) is 7.76. The normalized spacial score (nSPS) is 19.6. The average molecular weight is 237 g/mol. The number of likely N-dealkylation sites (tertiary alicyclic amines) is 1. The van der Waals surface area contributed by atoms with E-state index in [-0.39, 0.29) is 11.5 Å². The van der Waals surface area contributed by atoms with Crippen molar-refractivity contribution in [3.05, 3.63) is 0 Å². The molecule has 0 unspecified atom stereocenters. The van der Waals surface area contributed by atoms with Gasteiger partial charge in [-0.25, -0.2) is 4.79 Å². The first kappa shape index (κ1) is 13.9. The number of ether oxygens (including phenoxy) is 1. The molecule has 1 heterocycles. The lowest BCUT2D eigenvalue weighted by Crippen LogP contribution is -2.44. The molecule has 1 aliphatic heterocycles. The maximum Gasteiger partial charge on any atom is 0.410 e. The van der Waals surface area contributed by atoms with Crippen LogP contribution in [0.15, 0.2) is 0 Å². The molecule has 0 aromatic carbocycles. The van der Waals surface area contributed by atoms with Gasteiger partial charge in [-0.15, -0.1) is 12.3 Å². The number of nitrogens with zero attached hydrogens (tertiary/aromatic N) is 1. The van der Waals surface area contributed by atoms with E-state index < -0.39 is 5.60 Å². The summed E-state index contributed by atoms with van der Waals surface area (Å²) >= 11 is 0. The van der Waals surface area contributed by atoms with Crippen molar-refractivity contribution in [1.29, 1.82) is 0 Å². The Balaban J connectivity index is 2.47. The highest BCUT2D eigenvalue weighted by Crippen LogP contribution is 2.34. The Kier molecular flexibility index (Phi) is 4.08. The van der Waals surface area contributed by atoms with Crippen LogP contribution >= 0.6 is 0 Å². The fourth-order valence-corrected chi connectivity index (χ4v) is 1.98. The number of piperidine rings is 1. The number of carbonyl (C=O) groups excluding carboxylic acids is 1. The van der Waals surface area contributed by atoms with Crippen LogP contribution in [0, 0.1) is 17.8 Å². The minimum atomic E-state index is -0.420. The van der Waals surface area contributed by atoms with Crippen LogP contribution in [0.4, 0.5) is 4.79 Å². The molecule has 0 saturated carbocycles. The lowest BCUT2D eigenvalue weighted by atomic mass is 9.78. The molecule has 0 aromatic heterocycles. The predicted molar refractivity (Wildman–Crippen MR) is 68.6 cm³/mol. The zero-order valence-electron chi connectivity index (χ0n) is 11.4. The van der Waals surface area contributed by atoms with Crippen LogP contribution in [0.25, 0.3) is 0 Å². The van der Waals surface area contributed by atoms with Gasteiger partial charge in [0.05, 0.1) is 0 Å². The van der Waals surface area contributed by atoms with Crippen molar-refractivity contribution in [2.75, 3.05) is 13.1 Å². The predicted octanol–water partition coefficient (Wildman–Crippen LogP) is 3.05. The Bertz CT molecular complexity index is 314. The van der Waals surface area contributed by atoms with E-state index >= 15 is 0 Å². The Morgan fingerprint density at radius 1 is 1.41 bits per heavy atom. The Morgan fingerprint density at radius 2 is 1.94 bits per heavy atom. The van der Waals surface area contributed by atoms with Gasteiger partial charge in [-0.05, 0) is 39.0 Å². The number of rotatable bonds is 1. The summed E-state index contributed by atoms with van der Waals surface area (Å²) in [6.07, 6.45) is 7.86. The molecule has 0 N–H and O–H groups in total. The van der Waals surface area contributed by atoms with E-state index in [1.807, 2.05) is 20.8 Å². The zero-order chi connectivity index (χ0) is 13.1. The topological polar surface area (TPSA) is 29.5 Å². The van der Waals surface area contributed by atoms with Crippen LogP contribution in [0.3, 0.4) is 0 Å². The fourth-order valence-electron chi connectivity index (χ4n) is 1.98. The minimum absolute atomic E-state index is 0.188. The van der Waals surface area contributed by atoms with Crippen molar-refractivity contribution in [3.8, 4) is 12.3 Å². The molecule has 1 aliphatic rings. The lowest BCUT2D eigenvalue weighted by Gasteiger charge is -2.38. The van der Waals surface area contributed by atoms with Crippen molar-refractivity contribution in [1.82, 2.24) is 4.90 Å². The molecule has 1 fully saturated rings. The fraction of sp³-hybridized carbons (Fsp3) is 0.786. The highest BCUT2D eigenvalue weighted by atomic mass is 16.6. The monoisotopic (exact) mass is 237 g/mol. The quantitative estimate of drug-likeness (QED) is 0.656. The number of carbonyl (C=O) groups is 1. The second-order valence-electron chi connectivity index (χ2n) is 6.16. The highest BCUT2D eigenvalue weighted by Gasteiger charge is 2.32. The van der Waals surface area contributed by atoms with Crippen LogP contribution in [0.5, 0.6) is 0 Å². The molecule has 3 heteroatoms. The summed E-state index contributed by atoms with van der Waals surface area (Å²) in [7, 11) is 0. The molecule has 0 aromatic rings. The van der Waals surface area contributed by atoms with Gasteiger partial charge in [-0.2, -0.15) is 0 Å². The minimum Gasteiger partial charge on any atom is -0.444 e. The number of hydrogen-bond donors (Lipinski definition) is 0. The second kappa shape index (κ2) is 5.00. The summed E-state index contributed by atoms with van der Waals surface area (Å²) in [5, 5.41) is 0. The van der Waals surface area contributed by atoms with E-state index in [0.29, 0.717) is 0 Å². The number of terminal acetylenes is 1. The molecule has 1 amide bonds. The van der Waals surface area contributed by atoms with Gasteiger partial charge < -0.3 is 9.64 Å². The van der Waals surface area contributed by atoms with Gasteiger partial charge in [0.2, 0.25) is 0 Å². The smallest absolute Gasteiger partial charge is 0.410 e. The van der Waals surface area contributed by atoms with Crippen molar-refractivity contribution in [2.24, 2.45) is 5.41 Å². The Labute approximate surface area is 105 Å². The lowest BCUT2D eigenvalue weighted by molar-refractivity contribution is 0.0124. The summed E-state index contributed by atoms with van der Waals surface area (Å²) in [6, 6.07) is 0. The Hall–Kier alpha value is -1.17. The standard InChI is InChI=1S/C14H23NO2/c1-6-7-14(5)8-10-15(11-9-14)12(16)17-13(2,3)4/h1H,7-11H2,2-5H3. The molecule has 3 nitrogen and oxygen atoms in total. The van der Waals surface area contributed by atoms with Crippen molar-refractivity contribution in [3.63, 3.8) is 0 Å². The molecular formula is C14H23NO2. The van der Waals surface area contributed by atoms with E-state index in [0.717, 1.165) is 32.4 Å². The number of amides is 1. The van der Waals surface area contributed by atoms with Crippen molar-refractivity contribution < 1.29 is 9.53 Å². The zero-order valence-corrected chi connectivity index (χ0v) is 11.4. The summed E-state index contributed by atoms with van der Waals surface area (Å²) in [5.41, 5.74) is -0.232. The molecule has 0 bridgehead atoms. The summed E-state index contributed by atoms with van der Waals surface area (Å²) < 4.78 is 5.35. The van der Waals surface area contributed by atoms with E-state index in [9.17, 15) is 4.79 Å². The Morgan fingerprint density at radius 3 is 2.35 bits per heavy atom. The molecule has 1 saturated heterocycles. The SMILES string of the molecule is C#CCC1(C)CCN(C(=O)OC(C)(C)C)CC1. The van der Waals surface area contributed by atoms with Gasteiger partial charge in [-0.3, -0.25) is 0 Å². The molecule has 96 valence electrons. The molecular weight excluding hydrogens is 214 g/mol. The van der Waals surface area contributed by atoms with Gasteiger partial charge in [0, 0.05) is 19.5 Å².